The summed E-state index contributed by atoms with van der Waals surface area (Å²) in [6.07, 6.45) is 2.52. The number of aromatic nitrogens is 3. The van der Waals surface area contributed by atoms with Crippen molar-refractivity contribution < 1.29 is 0 Å². The van der Waals surface area contributed by atoms with Gasteiger partial charge in [0.2, 0.25) is 5.69 Å². The molecule has 4 aromatic carbocycles. The first kappa shape index (κ1) is 19.8. The predicted molar refractivity (Wildman–Crippen MR) is 144 cm³/mol. The van der Waals surface area contributed by atoms with Crippen LogP contribution in [0, 0.1) is 6.57 Å². The number of nitrogens with zero attached hydrogens (tertiary/aromatic N) is 4. The van der Waals surface area contributed by atoms with Crippen LogP contribution in [0.3, 0.4) is 0 Å². The van der Waals surface area contributed by atoms with E-state index in [1.807, 2.05) is 10.6 Å². The molecule has 0 bridgehead atoms. The molecule has 4 nitrogen and oxygen atoms in total. The molecule has 0 saturated carbocycles. The molecule has 0 atom stereocenters. The van der Waals surface area contributed by atoms with Gasteiger partial charge in [0.25, 0.3) is 0 Å². The number of rotatable bonds is 3. The third-order valence-corrected chi connectivity index (χ3v) is 7.19. The average Bonchev–Trinajstić information content (AvgIpc) is 3.48. The quantitative estimate of drug-likeness (QED) is 0.198. The molecule has 0 aliphatic carbocycles. The zero-order valence-corrected chi connectivity index (χ0v) is 19.4. The zero-order valence-electron chi connectivity index (χ0n) is 19.4. The Morgan fingerprint density at radius 3 is 2.14 bits per heavy atom. The molecule has 0 aliphatic rings. The van der Waals surface area contributed by atoms with Crippen LogP contribution in [-0.4, -0.2) is 14.2 Å². The van der Waals surface area contributed by atoms with Gasteiger partial charge in [-0.15, -0.1) is 0 Å². The van der Waals surface area contributed by atoms with Crippen LogP contribution in [0.5, 0.6) is 0 Å². The number of hydrogen-bond acceptors (Lipinski definition) is 1. The minimum atomic E-state index is 0.589. The van der Waals surface area contributed by atoms with Crippen LogP contribution in [0.1, 0.15) is 18.1 Å². The normalized spacial score (nSPS) is 11.8. The van der Waals surface area contributed by atoms with Gasteiger partial charge in [-0.3, -0.25) is 0 Å². The third kappa shape index (κ3) is 2.82. The Kier molecular flexibility index (Phi) is 4.21. The van der Waals surface area contributed by atoms with Crippen LogP contribution in [-0.2, 0) is 13.0 Å². The molecule has 0 aliphatic heterocycles. The maximum Gasteiger partial charge on any atom is 0.232 e. The molecule has 0 amide bonds. The lowest BCUT2D eigenvalue weighted by Crippen LogP contribution is -1.95. The second-order valence-electron chi connectivity index (χ2n) is 9.09. The Bertz CT molecular complexity index is 1980. The lowest BCUT2D eigenvalue weighted by Gasteiger charge is -2.11. The molecule has 35 heavy (non-hydrogen) atoms. The zero-order chi connectivity index (χ0) is 23.5. The van der Waals surface area contributed by atoms with Crippen molar-refractivity contribution in [2.75, 3.05) is 0 Å². The first-order valence-electron chi connectivity index (χ1n) is 11.9. The van der Waals surface area contributed by atoms with Crippen molar-refractivity contribution in [1.29, 1.82) is 0 Å². The average molecular weight is 451 g/mol. The van der Waals surface area contributed by atoms with Gasteiger partial charge in [0.05, 0.1) is 23.8 Å². The van der Waals surface area contributed by atoms with Crippen molar-refractivity contribution in [2.24, 2.45) is 0 Å². The standard InChI is InChI=1S/C31H22N4/c1-3-34-28-10-6-4-9-23(28)26-18-21(13-15-29(26)34)16-20-12-14-24-25(17-20)22-8-5-7-11-30(22)35-31(24)27(32-2)19-33-35/h4-15,17-19H,3,16H2,1H3. The highest BCUT2D eigenvalue weighted by atomic mass is 15.2. The van der Waals surface area contributed by atoms with E-state index in [2.05, 4.69) is 100 Å². The highest BCUT2D eigenvalue weighted by molar-refractivity contribution is 6.15. The highest BCUT2D eigenvalue weighted by Gasteiger charge is 2.14. The molecule has 0 saturated heterocycles. The summed E-state index contributed by atoms with van der Waals surface area (Å²) in [5, 5.41) is 10.5. The second kappa shape index (κ2) is 7.44. The molecule has 3 heterocycles. The Balaban J connectivity index is 1.41. The molecule has 7 rings (SSSR count). The van der Waals surface area contributed by atoms with E-state index >= 15 is 0 Å². The molecule has 0 radical (unpaired) electrons. The van der Waals surface area contributed by atoms with Crippen LogP contribution < -0.4 is 0 Å². The summed E-state index contributed by atoms with van der Waals surface area (Å²) in [4.78, 5) is 3.73. The molecule has 7 aromatic rings. The number of benzene rings is 4. The minimum absolute atomic E-state index is 0.589. The molecule has 166 valence electrons. The fourth-order valence-electron chi connectivity index (χ4n) is 5.66. The molecule has 0 N–H and O–H groups in total. The number of hydrogen-bond donors (Lipinski definition) is 0. The van der Waals surface area contributed by atoms with E-state index in [0.29, 0.717) is 5.69 Å². The Labute approximate surface area is 202 Å². The van der Waals surface area contributed by atoms with E-state index in [9.17, 15) is 0 Å². The number of fused-ring (bicyclic) bond motifs is 9. The van der Waals surface area contributed by atoms with Gasteiger partial charge in [-0.2, -0.15) is 5.10 Å². The first-order chi connectivity index (χ1) is 17.3. The van der Waals surface area contributed by atoms with E-state index in [4.69, 9.17) is 6.57 Å². The Hall–Kier alpha value is -4.62. The molecular weight excluding hydrogens is 428 g/mol. The monoisotopic (exact) mass is 450 g/mol. The van der Waals surface area contributed by atoms with Gasteiger partial charge < -0.3 is 4.57 Å². The molecule has 0 unspecified atom stereocenters. The summed E-state index contributed by atoms with van der Waals surface area (Å²) < 4.78 is 4.30. The molecule has 3 aromatic heterocycles. The first-order valence-corrected chi connectivity index (χ1v) is 11.9. The molecular formula is C31H22N4. The third-order valence-electron chi connectivity index (χ3n) is 7.19. The largest absolute Gasteiger partial charge is 0.341 e. The lowest BCUT2D eigenvalue weighted by atomic mass is 9.97. The topological polar surface area (TPSA) is 26.6 Å². The lowest BCUT2D eigenvalue weighted by molar-refractivity contribution is 0.827. The van der Waals surface area contributed by atoms with Gasteiger partial charge >= 0.3 is 0 Å². The van der Waals surface area contributed by atoms with Crippen LogP contribution in [0.15, 0.2) is 91.1 Å². The summed E-state index contributed by atoms with van der Waals surface area (Å²) in [5.74, 6) is 0. The summed E-state index contributed by atoms with van der Waals surface area (Å²) in [5.41, 5.74) is 7.63. The summed E-state index contributed by atoms with van der Waals surface area (Å²) in [6, 6.07) is 30.5. The SMILES string of the molecule is [C-]#[N+]c1cnn2c3ccccc3c3cc(Cc4ccc5c(c4)c4ccccc4n5CC)ccc3c12. The van der Waals surface area contributed by atoms with E-state index in [-0.39, 0.29) is 0 Å². The molecule has 0 fully saturated rings. The van der Waals surface area contributed by atoms with Crippen LogP contribution in [0.4, 0.5) is 5.69 Å². The second-order valence-corrected chi connectivity index (χ2v) is 9.09. The minimum Gasteiger partial charge on any atom is -0.341 e. The van der Waals surface area contributed by atoms with Crippen molar-refractivity contribution in [3.63, 3.8) is 0 Å². The van der Waals surface area contributed by atoms with Gasteiger partial charge in [0, 0.05) is 33.7 Å². The van der Waals surface area contributed by atoms with E-state index in [1.54, 1.807) is 6.20 Å². The van der Waals surface area contributed by atoms with Crippen molar-refractivity contribution in [1.82, 2.24) is 14.2 Å². The smallest absolute Gasteiger partial charge is 0.232 e. The predicted octanol–water partition coefficient (Wildman–Crippen LogP) is 7.91. The fourth-order valence-corrected chi connectivity index (χ4v) is 5.66. The van der Waals surface area contributed by atoms with E-state index < -0.39 is 0 Å². The van der Waals surface area contributed by atoms with Crippen molar-refractivity contribution in [3.8, 4) is 0 Å². The van der Waals surface area contributed by atoms with E-state index in [0.717, 1.165) is 34.8 Å². The molecule has 0 spiro atoms. The maximum atomic E-state index is 7.63. The van der Waals surface area contributed by atoms with Gasteiger partial charge in [0.15, 0.2) is 0 Å². The highest BCUT2D eigenvalue weighted by Crippen LogP contribution is 2.35. The summed E-state index contributed by atoms with van der Waals surface area (Å²) in [7, 11) is 0. The fraction of sp³-hybridized carbons (Fsp3) is 0.0968. The van der Waals surface area contributed by atoms with Crippen LogP contribution >= 0.6 is 0 Å². The van der Waals surface area contributed by atoms with Crippen LogP contribution in [0.25, 0.3) is 53.8 Å². The maximum absolute atomic E-state index is 7.63. The van der Waals surface area contributed by atoms with Crippen LogP contribution in [0.2, 0.25) is 0 Å². The van der Waals surface area contributed by atoms with Crippen molar-refractivity contribution in [2.45, 2.75) is 19.9 Å². The summed E-state index contributed by atoms with van der Waals surface area (Å²) >= 11 is 0. The number of aryl methyl sites for hydroxylation is 1. The molecule has 4 heteroatoms. The van der Waals surface area contributed by atoms with Gasteiger partial charge in [-0.1, -0.05) is 60.7 Å². The summed E-state index contributed by atoms with van der Waals surface area (Å²) in [6.45, 7) is 10.8. The van der Waals surface area contributed by atoms with Gasteiger partial charge in [0.1, 0.15) is 0 Å². The van der Waals surface area contributed by atoms with Gasteiger partial charge in [-0.05, 0) is 59.5 Å². The Morgan fingerprint density at radius 2 is 1.37 bits per heavy atom. The van der Waals surface area contributed by atoms with Gasteiger partial charge in [-0.25, -0.2) is 9.36 Å². The van der Waals surface area contributed by atoms with Crippen molar-refractivity contribution in [3.05, 3.63) is 114 Å². The number of pyridine rings is 1. The number of para-hydroxylation sites is 2. The van der Waals surface area contributed by atoms with E-state index in [1.165, 1.54) is 38.3 Å². The van der Waals surface area contributed by atoms with Crippen molar-refractivity contribution >= 4 is 54.7 Å². The Morgan fingerprint density at radius 1 is 0.714 bits per heavy atom.